The first-order valence-electron chi connectivity index (χ1n) is 9.65. The molecule has 0 radical (unpaired) electrons. The second-order valence-electron chi connectivity index (χ2n) is 6.92. The van der Waals surface area contributed by atoms with Crippen molar-refractivity contribution in [1.29, 1.82) is 0 Å². The van der Waals surface area contributed by atoms with Gasteiger partial charge in [-0.2, -0.15) is 5.10 Å². The van der Waals surface area contributed by atoms with Crippen LogP contribution in [0.15, 0.2) is 36.4 Å². The standard InChI is InChI=1S/C22H24N4O3/c1-28-22-19(29-14-13-26-12-4-7-20(26)27)11-9-15(21(22)23)8-10-18-16-5-2-3-6-17(16)24-25-18/h2-3,5-6,8-11H,4,7,12-14,23H2,1H3,(H,24,25). The van der Waals surface area contributed by atoms with Crippen LogP contribution in [0.1, 0.15) is 24.1 Å². The first-order chi connectivity index (χ1) is 14.2. The second-order valence-corrected chi connectivity index (χ2v) is 6.92. The molecule has 3 N–H and O–H groups in total. The van der Waals surface area contributed by atoms with Crippen LogP contribution in [0.3, 0.4) is 0 Å². The van der Waals surface area contributed by atoms with Crippen molar-refractivity contribution >= 4 is 34.6 Å². The fourth-order valence-electron chi connectivity index (χ4n) is 3.55. The molecule has 0 saturated carbocycles. The Labute approximate surface area is 169 Å². The topological polar surface area (TPSA) is 93.5 Å². The molecule has 1 aromatic heterocycles. The normalized spacial score (nSPS) is 14.2. The molecule has 0 unspecified atom stereocenters. The van der Waals surface area contributed by atoms with Crippen molar-refractivity contribution in [3.05, 3.63) is 47.7 Å². The van der Waals surface area contributed by atoms with E-state index in [4.69, 9.17) is 15.2 Å². The largest absolute Gasteiger partial charge is 0.491 e. The van der Waals surface area contributed by atoms with Crippen LogP contribution in [0, 0.1) is 0 Å². The third-order valence-electron chi connectivity index (χ3n) is 5.11. The van der Waals surface area contributed by atoms with Crippen LogP contribution in [-0.4, -0.2) is 47.8 Å². The van der Waals surface area contributed by atoms with E-state index in [1.54, 1.807) is 7.11 Å². The summed E-state index contributed by atoms with van der Waals surface area (Å²) in [7, 11) is 1.57. The van der Waals surface area contributed by atoms with Crippen LogP contribution >= 0.6 is 0 Å². The van der Waals surface area contributed by atoms with Crippen molar-refractivity contribution in [3.63, 3.8) is 0 Å². The molecular formula is C22H24N4O3. The average molecular weight is 392 g/mol. The number of benzene rings is 2. The SMILES string of the molecule is COc1c(OCCN2CCCC2=O)ccc(C=Cc2n[nH]c3ccccc23)c1N. The van der Waals surface area contributed by atoms with Gasteiger partial charge in [-0.25, -0.2) is 0 Å². The van der Waals surface area contributed by atoms with Crippen molar-refractivity contribution < 1.29 is 14.3 Å². The highest BCUT2D eigenvalue weighted by Gasteiger charge is 2.20. The molecule has 150 valence electrons. The Morgan fingerprint density at radius 3 is 2.90 bits per heavy atom. The number of carbonyl (C=O) groups is 1. The second kappa shape index (κ2) is 8.26. The van der Waals surface area contributed by atoms with Crippen molar-refractivity contribution in [3.8, 4) is 11.5 Å². The third kappa shape index (κ3) is 3.89. The summed E-state index contributed by atoms with van der Waals surface area (Å²) in [5.74, 6) is 1.25. The number of anilines is 1. The molecule has 29 heavy (non-hydrogen) atoms. The van der Waals surface area contributed by atoms with E-state index in [1.165, 1.54) is 0 Å². The van der Waals surface area contributed by atoms with Gasteiger partial charge >= 0.3 is 0 Å². The molecule has 3 aromatic rings. The van der Waals surface area contributed by atoms with E-state index in [9.17, 15) is 4.79 Å². The zero-order valence-corrected chi connectivity index (χ0v) is 16.4. The molecule has 1 aliphatic rings. The van der Waals surface area contributed by atoms with Crippen LogP contribution < -0.4 is 15.2 Å². The number of hydrogen-bond donors (Lipinski definition) is 2. The Hall–Kier alpha value is -3.48. The van der Waals surface area contributed by atoms with E-state index in [1.807, 2.05) is 53.5 Å². The lowest BCUT2D eigenvalue weighted by molar-refractivity contribution is -0.128. The lowest BCUT2D eigenvalue weighted by Gasteiger charge is -2.18. The Balaban J connectivity index is 1.49. The highest BCUT2D eigenvalue weighted by atomic mass is 16.5. The summed E-state index contributed by atoms with van der Waals surface area (Å²) in [6, 6.07) is 11.7. The number of ether oxygens (including phenoxy) is 2. The van der Waals surface area contributed by atoms with Crippen LogP contribution in [0.25, 0.3) is 23.1 Å². The Kier molecular flexibility index (Phi) is 5.37. The maximum atomic E-state index is 11.7. The van der Waals surface area contributed by atoms with Gasteiger partial charge in [-0.15, -0.1) is 0 Å². The summed E-state index contributed by atoms with van der Waals surface area (Å²) >= 11 is 0. The van der Waals surface area contributed by atoms with Gasteiger partial charge in [-0.1, -0.05) is 24.3 Å². The predicted molar refractivity (Wildman–Crippen MR) is 114 cm³/mol. The third-order valence-corrected chi connectivity index (χ3v) is 5.11. The van der Waals surface area contributed by atoms with Gasteiger partial charge in [-0.05, 0) is 30.7 Å². The number of aromatic amines is 1. The molecule has 4 rings (SSSR count). The van der Waals surface area contributed by atoms with Gasteiger partial charge in [0.25, 0.3) is 0 Å². The Bertz CT molecular complexity index is 1060. The van der Waals surface area contributed by atoms with E-state index < -0.39 is 0 Å². The van der Waals surface area contributed by atoms with Crippen molar-refractivity contribution in [2.75, 3.05) is 32.5 Å². The fraction of sp³-hybridized carbons (Fsp3) is 0.273. The van der Waals surface area contributed by atoms with Crippen LogP contribution in [0.5, 0.6) is 11.5 Å². The molecular weight excluding hydrogens is 368 g/mol. The first kappa shape index (κ1) is 18.9. The minimum absolute atomic E-state index is 0.187. The monoisotopic (exact) mass is 392 g/mol. The highest BCUT2D eigenvalue weighted by molar-refractivity contribution is 5.90. The molecule has 1 saturated heterocycles. The van der Waals surface area contributed by atoms with Gasteiger partial charge in [0.2, 0.25) is 5.91 Å². The lowest BCUT2D eigenvalue weighted by Crippen LogP contribution is -2.29. The van der Waals surface area contributed by atoms with Gasteiger partial charge in [0, 0.05) is 23.9 Å². The molecule has 7 heteroatoms. The summed E-state index contributed by atoms with van der Waals surface area (Å²) in [6.07, 6.45) is 5.38. The quantitative estimate of drug-likeness (QED) is 0.602. The molecule has 1 amide bonds. The number of nitrogen functional groups attached to an aromatic ring is 1. The maximum absolute atomic E-state index is 11.7. The molecule has 0 aliphatic carbocycles. The van der Waals surface area contributed by atoms with Crippen molar-refractivity contribution in [1.82, 2.24) is 15.1 Å². The number of nitrogens with one attached hydrogen (secondary N) is 1. The summed E-state index contributed by atoms with van der Waals surface area (Å²) < 4.78 is 11.3. The predicted octanol–water partition coefficient (Wildman–Crippen LogP) is 3.33. The van der Waals surface area contributed by atoms with Gasteiger partial charge in [0.15, 0.2) is 11.5 Å². The minimum Gasteiger partial charge on any atom is -0.491 e. The van der Waals surface area contributed by atoms with Crippen LogP contribution in [0.2, 0.25) is 0 Å². The van der Waals surface area contributed by atoms with Crippen molar-refractivity contribution in [2.24, 2.45) is 0 Å². The fourth-order valence-corrected chi connectivity index (χ4v) is 3.55. The molecule has 2 aromatic carbocycles. The number of methoxy groups -OCH3 is 1. The summed E-state index contributed by atoms with van der Waals surface area (Å²) in [6.45, 7) is 1.76. The van der Waals surface area contributed by atoms with E-state index in [-0.39, 0.29) is 5.91 Å². The maximum Gasteiger partial charge on any atom is 0.222 e. The average Bonchev–Trinajstić information content (AvgIpc) is 3.34. The Morgan fingerprint density at radius 1 is 1.24 bits per heavy atom. The number of carbonyl (C=O) groups excluding carboxylic acids is 1. The number of hydrogen-bond acceptors (Lipinski definition) is 5. The molecule has 1 aliphatic heterocycles. The van der Waals surface area contributed by atoms with Gasteiger partial charge < -0.3 is 20.1 Å². The van der Waals surface area contributed by atoms with E-state index >= 15 is 0 Å². The number of aromatic nitrogens is 2. The van der Waals surface area contributed by atoms with Crippen molar-refractivity contribution in [2.45, 2.75) is 12.8 Å². The number of nitrogens with zero attached hydrogens (tertiary/aromatic N) is 2. The minimum atomic E-state index is 0.187. The summed E-state index contributed by atoms with van der Waals surface area (Å²) in [5, 5.41) is 8.41. The number of fused-ring (bicyclic) bond motifs is 1. The van der Waals surface area contributed by atoms with E-state index in [0.717, 1.165) is 35.1 Å². The lowest BCUT2D eigenvalue weighted by atomic mass is 10.1. The summed E-state index contributed by atoms with van der Waals surface area (Å²) in [4.78, 5) is 13.5. The van der Waals surface area contributed by atoms with Gasteiger partial charge in [0.05, 0.1) is 30.6 Å². The smallest absolute Gasteiger partial charge is 0.222 e. The first-order valence-corrected chi connectivity index (χ1v) is 9.65. The molecule has 2 heterocycles. The van der Waals surface area contributed by atoms with Crippen LogP contribution in [-0.2, 0) is 4.79 Å². The molecule has 0 spiro atoms. The van der Waals surface area contributed by atoms with E-state index in [2.05, 4.69) is 10.2 Å². The van der Waals surface area contributed by atoms with E-state index in [0.29, 0.717) is 36.8 Å². The van der Waals surface area contributed by atoms with Gasteiger partial charge in [-0.3, -0.25) is 9.89 Å². The molecule has 0 bridgehead atoms. The van der Waals surface area contributed by atoms with Crippen LogP contribution in [0.4, 0.5) is 5.69 Å². The molecule has 7 nitrogen and oxygen atoms in total. The number of likely N-dealkylation sites (tertiary alicyclic amines) is 1. The number of para-hydroxylation sites is 1. The Morgan fingerprint density at radius 2 is 2.10 bits per heavy atom. The molecule has 1 fully saturated rings. The number of rotatable bonds is 7. The number of H-pyrrole nitrogens is 1. The highest BCUT2D eigenvalue weighted by Crippen LogP contribution is 2.36. The molecule has 0 atom stereocenters. The zero-order chi connectivity index (χ0) is 20.2. The number of nitrogens with two attached hydrogens (primary N) is 1. The van der Waals surface area contributed by atoms with Gasteiger partial charge in [0.1, 0.15) is 6.61 Å². The number of amides is 1. The zero-order valence-electron chi connectivity index (χ0n) is 16.4. The summed E-state index contributed by atoms with van der Waals surface area (Å²) in [5.41, 5.74) is 9.45.